The SMILES string of the molecule is COC(OC)=C(OC)C([SiH3])Cc1ccccc1. The summed E-state index contributed by atoms with van der Waals surface area (Å²) in [4.78, 5) is 0. The minimum absolute atomic E-state index is 0.345. The smallest absolute Gasteiger partial charge is 0.318 e. The lowest BCUT2D eigenvalue weighted by Gasteiger charge is -2.17. The monoisotopic (exact) mass is 252 g/mol. The van der Waals surface area contributed by atoms with Crippen molar-refractivity contribution < 1.29 is 14.2 Å². The Kier molecular flexibility index (Phi) is 5.63. The van der Waals surface area contributed by atoms with Gasteiger partial charge in [-0.15, -0.1) is 0 Å². The molecule has 0 heterocycles. The normalized spacial score (nSPS) is 11.7. The third-order valence-electron chi connectivity index (χ3n) is 2.62. The van der Waals surface area contributed by atoms with Crippen molar-refractivity contribution in [3.8, 4) is 0 Å². The summed E-state index contributed by atoms with van der Waals surface area (Å²) in [5.41, 5.74) is 1.64. The molecular weight excluding hydrogens is 232 g/mol. The molecule has 0 aromatic heterocycles. The molecule has 0 aliphatic carbocycles. The molecule has 1 unspecified atom stereocenters. The molecule has 0 saturated heterocycles. The van der Waals surface area contributed by atoms with Gasteiger partial charge in [0.25, 0.3) is 0 Å². The fourth-order valence-electron chi connectivity index (χ4n) is 1.83. The zero-order valence-electron chi connectivity index (χ0n) is 10.9. The van der Waals surface area contributed by atoms with E-state index in [1.165, 1.54) is 5.56 Å². The summed E-state index contributed by atoms with van der Waals surface area (Å²) < 4.78 is 15.7. The molecule has 1 rings (SSSR count). The van der Waals surface area contributed by atoms with Crippen LogP contribution in [-0.2, 0) is 20.6 Å². The Morgan fingerprint density at radius 2 is 1.65 bits per heavy atom. The van der Waals surface area contributed by atoms with Crippen molar-refractivity contribution >= 4 is 10.2 Å². The Balaban J connectivity index is 2.80. The minimum atomic E-state index is 0.345. The number of ether oxygens (including phenoxy) is 3. The van der Waals surface area contributed by atoms with Crippen LogP contribution in [-0.4, -0.2) is 31.6 Å². The second-order valence-electron chi connectivity index (χ2n) is 3.85. The predicted octanol–water partition coefficient (Wildman–Crippen LogP) is 1.49. The molecule has 0 spiro atoms. The Labute approximate surface area is 106 Å². The molecule has 1 atom stereocenters. The van der Waals surface area contributed by atoms with E-state index in [4.69, 9.17) is 14.2 Å². The second-order valence-corrected chi connectivity index (χ2v) is 5.25. The van der Waals surface area contributed by atoms with Gasteiger partial charge in [-0.05, 0) is 12.0 Å². The molecule has 0 radical (unpaired) electrons. The lowest BCUT2D eigenvalue weighted by Crippen LogP contribution is -2.09. The zero-order valence-corrected chi connectivity index (χ0v) is 12.9. The average molecular weight is 252 g/mol. The van der Waals surface area contributed by atoms with Crippen molar-refractivity contribution in [3.63, 3.8) is 0 Å². The first-order valence-corrected chi connectivity index (χ1v) is 6.78. The average Bonchev–Trinajstić information content (AvgIpc) is 2.36. The van der Waals surface area contributed by atoms with Crippen LogP contribution in [0.4, 0.5) is 0 Å². The number of allylic oxidation sites excluding steroid dienone is 1. The van der Waals surface area contributed by atoms with Gasteiger partial charge >= 0.3 is 5.95 Å². The van der Waals surface area contributed by atoms with Crippen LogP contribution in [0.25, 0.3) is 0 Å². The summed E-state index contributed by atoms with van der Waals surface area (Å²) in [5.74, 6) is 1.27. The van der Waals surface area contributed by atoms with E-state index in [2.05, 4.69) is 12.1 Å². The molecule has 4 heteroatoms. The third kappa shape index (κ3) is 3.82. The van der Waals surface area contributed by atoms with Crippen LogP contribution < -0.4 is 0 Å². The molecule has 0 saturated carbocycles. The van der Waals surface area contributed by atoms with Crippen LogP contribution in [0.1, 0.15) is 5.56 Å². The minimum Gasteiger partial charge on any atom is -0.494 e. The second kappa shape index (κ2) is 7.01. The van der Waals surface area contributed by atoms with Gasteiger partial charge in [-0.2, -0.15) is 0 Å². The van der Waals surface area contributed by atoms with Crippen LogP contribution in [0.2, 0.25) is 5.54 Å². The van der Waals surface area contributed by atoms with E-state index in [0.717, 1.165) is 22.4 Å². The van der Waals surface area contributed by atoms with Crippen LogP contribution in [0, 0.1) is 0 Å². The maximum Gasteiger partial charge on any atom is 0.318 e. The molecule has 0 N–H and O–H groups in total. The summed E-state index contributed by atoms with van der Waals surface area (Å²) in [6.07, 6.45) is 0.951. The van der Waals surface area contributed by atoms with Crippen molar-refractivity contribution in [2.45, 2.75) is 12.0 Å². The van der Waals surface area contributed by atoms with E-state index in [1.807, 2.05) is 18.2 Å². The summed E-state index contributed by atoms with van der Waals surface area (Å²) in [5, 5.41) is 0. The number of benzene rings is 1. The van der Waals surface area contributed by atoms with E-state index >= 15 is 0 Å². The van der Waals surface area contributed by atoms with Crippen molar-refractivity contribution in [1.82, 2.24) is 0 Å². The van der Waals surface area contributed by atoms with Crippen molar-refractivity contribution in [2.24, 2.45) is 0 Å². The van der Waals surface area contributed by atoms with E-state index < -0.39 is 0 Å². The number of hydrogen-bond acceptors (Lipinski definition) is 3. The van der Waals surface area contributed by atoms with Gasteiger partial charge in [-0.1, -0.05) is 30.3 Å². The van der Waals surface area contributed by atoms with Gasteiger partial charge in [0.2, 0.25) is 0 Å². The summed E-state index contributed by atoms with van der Waals surface area (Å²) >= 11 is 0. The molecule has 1 aromatic carbocycles. The number of hydrogen-bond donors (Lipinski definition) is 0. The summed E-state index contributed by atoms with van der Waals surface area (Å²) in [7, 11) is 5.82. The third-order valence-corrected chi connectivity index (χ3v) is 3.56. The lowest BCUT2D eigenvalue weighted by molar-refractivity contribution is 0.0663. The first-order valence-electron chi connectivity index (χ1n) is 5.63. The van der Waals surface area contributed by atoms with Gasteiger partial charge in [0, 0.05) is 15.8 Å². The summed E-state index contributed by atoms with van der Waals surface area (Å²) in [6, 6.07) is 10.4. The number of methoxy groups -OCH3 is 3. The highest BCUT2D eigenvalue weighted by Gasteiger charge is 2.17. The van der Waals surface area contributed by atoms with Crippen LogP contribution in [0.3, 0.4) is 0 Å². The molecule has 3 nitrogen and oxygen atoms in total. The summed E-state index contributed by atoms with van der Waals surface area (Å²) in [6.45, 7) is 0. The molecule has 0 fully saturated rings. The van der Waals surface area contributed by atoms with Crippen molar-refractivity contribution in [2.75, 3.05) is 21.3 Å². The van der Waals surface area contributed by atoms with Gasteiger partial charge in [-0.25, -0.2) is 0 Å². The van der Waals surface area contributed by atoms with Gasteiger partial charge < -0.3 is 14.2 Å². The molecular formula is C13H20O3Si. The van der Waals surface area contributed by atoms with Crippen LogP contribution >= 0.6 is 0 Å². The van der Waals surface area contributed by atoms with Gasteiger partial charge in [0.15, 0.2) is 5.76 Å². The van der Waals surface area contributed by atoms with Gasteiger partial charge in [0.1, 0.15) is 0 Å². The predicted molar refractivity (Wildman–Crippen MR) is 71.9 cm³/mol. The fraction of sp³-hybridized carbons (Fsp3) is 0.385. The molecule has 94 valence electrons. The molecule has 1 aromatic rings. The van der Waals surface area contributed by atoms with Crippen LogP contribution in [0.15, 0.2) is 42.0 Å². The Bertz CT molecular complexity index is 356. The first kappa shape index (κ1) is 13.6. The van der Waals surface area contributed by atoms with Gasteiger partial charge in [0.05, 0.1) is 21.3 Å². The standard InChI is InChI=1S/C13H20O3Si/c1-14-12(13(15-2)16-3)11(17)9-10-7-5-4-6-8-10/h4-8,11H,9H2,1-3,17H3. The topological polar surface area (TPSA) is 27.7 Å². The molecule has 0 aliphatic heterocycles. The quantitative estimate of drug-likeness (QED) is 0.567. The number of rotatable bonds is 6. The first-order chi connectivity index (χ1) is 8.22. The highest BCUT2D eigenvalue weighted by Crippen LogP contribution is 2.24. The highest BCUT2D eigenvalue weighted by atomic mass is 28.1. The zero-order chi connectivity index (χ0) is 12.7. The van der Waals surface area contributed by atoms with Gasteiger partial charge in [-0.3, -0.25) is 0 Å². The Hall–Kier alpha value is -1.42. The molecule has 0 bridgehead atoms. The van der Waals surface area contributed by atoms with E-state index in [0.29, 0.717) is 11.5 Å². The molecule has 0 amide bonds. The highest BCUT2D eigenvalue weighted by molar-refractivity contribution is 6.13. The largest absolute Gasteiger partial charge is 0.494 e. The molecule has 0 aliphatic rings. The maximum absolute atomic E-state index is 5.39. The van der Waals surface area contributed by atoms with Crippen molar-refractivity contribution in [3.05, 3.63) is 47.6 Å². The van der Waals surface area contributed by atoms with Crippen LogP contribution in [0.5, 0.6) is 0 Å². The lowest BCUT2D eigenvalue weighted by atomic mass is 10.1. The van der Waals surface area contributed by atoms with E-state index in [1.54, 1.807) is 21.3 Å². The maximum atomic E-state index is 5.39. The van der Waals surface area contributed by atoms with Crippen molar-refractivity contribution in [1.29, 1.82) is 0 Å². The Morgan fingerprint density at radius 3 is 2.12 bits per heavy atom. The van der Waals surface area contributed by atoms with E-state index in [9.17, 15) is 0 Å². The molecule has 17 heavy (non-hydrogen) atoms. The van der Waals surface area contributed by atoms with E-state index in [-0.39, 0.29) is 0 Å². The Morgan fingerprint density at radius 1 is 1.06 bits per heavy atom. The fourth-order valence-corrected chi connectivity index (χ4v) is 2.77.